The van der Waals surface area contributed by atoms with Crippen LogP contribution < -0.4 is 4.90 Å². The Balaban J connectivity index is 1.85. The summed E-state index contributed by atoms with van der Waals surface area (Å²) < 4.78 is 0. The SMILES string of the molecule is Cc1ccc(/C(O)=C2\C(=N)N(c3ccc(C)c(Cl)c3)C3=C(C(=O)CC(C)(C)C3)[C@@H]2c2ccc(C)cc2)cc1. The molecule has 0 bridgehead atoms. The maximum atomic E-state index is 14.0. The average molecular weight is 525 g/mol. The molecule has 5 rings (SSSR count). The number of aliphatic hydroxyl groups is 1. The van der Waals surface area contributed by atoms with E-state index in [9.17, 15) is 15.3 Å². The van der Waals surface area contributed by atoms with Crippen molar-refractivity contribution in [2.75, 3.05) is 4.90 Å². The zero-order valence-electron chi connectivity index (χ0n) is 22.5. The van der Waals surface area contributed by atoms with Crippen LogP contribution in [0, 0.1) is 31.6 Å². The van der Waals surface area contributed by atoms with Crippen molar-refractivity contribution in [1.29, 1.82) is 5.41 Å². The van der Waals surface area contributed by atoms with Gasteiger partial charge in [-0.2, -0.15) is 0 Å². The van der Waals surface area contributed by atoms with Crippen molar-refractivity contribution in [2.45, 2.75) is 53.4 Å². The highest BCUT2D eigenvalue weighted by Gasteiger charge is 2.46. The Kier molecular flexibility index (Phi) is 6.56. The molecule has 0 radical (unpaired) electrons. The zero-order chi connectivity index (χ0) is 27.4. The fourth-order valence-corrected chi connectivity index (χ4v) is 5.75. The summed E-state index contributed by atoms with van der Waals surface area (Å²) in [4.78, 5) is 15.8. The highest BCUT2D eigenvalue weighted by atomic mass is 35.5. The number of aryl methyl sites for hydroxylation is 3. The summed E-state index contributed by atoms with van der Waals surface area (Å²) in [5.74, 6) is -0.349. The molecule has 3 aromatic rings. The normalized spacial score (nSPS) is 20.5. The monoisotopic (exact) mass is 524 g/mol. The lowest BCUT2D eigenvalue weighted by Crippen LogP contribution is -2.45. The van der Waals surface area contributed by atoms with E-state index in [1.165, 1.54) is 0 Å². The third-order valence-electron chi connectivity index (χ3n) is 7.63. The maximum absolute atomic E-state index is 14.0. The number of rotatable bonds is 3. The van der Waals surface area contributed by atoms with Gasteiger partial charge in [0.15, 0.2) is 5.78 Å². The predicted molar refractivity (Wildman–Crippen MR) is 156 cm³/mol. The second-order valence-electron chi connectivity index (χ2n) is 11.4. The average Bonchev–Trinajstić information content (AvgIpc) is 2.85. The fourth-order valence-electron chi connectivity index (χ4n) is 5.58. The summed E-state index contributed by atoms with van der Waals surface area (Å²) in [6.07, 6.45) is 1.03. The van der Waals surface area contributed by atoms with Crippen molar-refractivity contribution in [1.82, 2.24) is 0 Å². The quantitative estimate of drug-likeness (QED) is 0.338. The van der Waals surface area contributed by atoms with Crippen LogP contribution in [-0.2, 0) is 4.79 Å². The number of carbonyl (C=O) groups is 1. The lowest BCUT2D eigenvalue weighted by atomic mass is 9.67. The van der Waals surface area contributed by atoms with Crippen molar-refractivity contribution in [3.05, 3.63) is 116 Å². The minimum absolute atomic E-state index is 0.00738. The van der Waals surface area contributed by atoms with Gasteiger partial charge in [0.1, 0.15) is 11.6 Å². The molecular formula is C33H33ClN2O2. The Bertz CT molecular complexity index is 1510. The summed E-state index contributed by atoms with van der Waals surface area (Å²) in [5.41, 5.74) is 6.93. The number of halogens is 1. The second-order valence-corrected chi connectivity index (χ2v) is 11.8. The highest BCUT2D eigenvalue weighted by molar-refractivity contribution is 6.32. The van der Waals surface area contributed by atoms with E-state index in [-0.39, 0.29) is 22.8 Å². The molecule has 0 unspecified atom stereocenters. The number of nitrogens with one attached hydrogen (secondary N) is 1. The summed E-state index contributed by atoms with van der Waals surface area (Å²) in [5, 5.41) is 21.9. The van der Waals surface area contributed by atoms with Crippen LogP contribution in [0.4, 0.5) is 5.69 Å². The van der Waals surface area contributed by atoms with Crippen LogP contribution in [-0.4, -0.2) is 16.7 Å². The largest absolute Gasteiger partial charge is 0.507 e. The number of carbonyl (C=O) groups excluding carboxylic acids is 1. The number of anilines is 1. The molecule has 0 aromatic heterocycles. The van der Waals surface area contributed by atoms with E-state index in [2.05, 4.69) is 13.8 Å². The van der Waals surface area contributed by atoms with Gasteiger partial charge >= 0.3 is 0 Å². The van der Waals surface area contributed by atoms with Gasteiger partial charge in [-0.25, -0.2) is 0 Å². The van der Waals surface area contributed by atoms with E-state index in [1.807, 2.05) is 92.4 Å². The van der Waals surface area contributed by atoms with Gasteiger partial charge in [0, 0.05) is 45.5 Å². The summed E-state index contributed by atoms with van der Waals surface area (Å²) in [6.45, 7) is 10.1. The van der Waals surface area contributed by atoms with Crippen molar-refractivity contribution in [3.8, 4) is 0 Å². The number of hydrogen-bond acceptors (Lipinski definition) is 3. The molecule has 5 heteroatoms. The fraction of sp³-hybridized carbons (Fsp3) is 0.273. The second kappa shape index (κ2) is 9.59. The molecule has 0 spiro atoms. The number of allylic oxidation sites excluding steroid dienone is 2. The predicted octanol–water partition coefficient (Wildman–Crippen LogP) is 8.46. The Morgan fingerprint density at radius 3 is 2.16 bits per heavy atom. The van der Waals surface area contributed by atoms with E-state index in [0.717, 1.165) is 28.0 Å². The van der Waals surface area contributed by atoms with E-state index in [4.69, 9.17) is 11.6 Å². The van der Waals surface area contributed by atoms with Crippen LogP contribution >= 0.6 is 11.6 Å². The van der Waals surface area contributed by atoms with E-state index in [1.54, 1.807) is 0 Å². The molecule has 2 aliphatic rings. The first-order chi connectivity index (χ1) is 18.0. The Hall–Kier alpha value is -3.63. The molecule has 0 amide bonds. The van der Waals surface area contributed by atoms with Crippen LogP contribution in [0.25, 0.3) is 5.76 Å². The molecule has 2 N–H and O–H groups in total. The van der Waals surface area contributed by atoms with Crippen LogP contribution in [0.3, 0.4) is 0 Å². The number of Topliss-reactive ketones (excluding diaryl/α,β-unsaturated/α-hetero) is 1. The van der Waals surface area contributed by atoms with E-state index < -0.39 is 5.92 Å². The summed E-state index contributed by atoms with van der Waals surface area (Å²) in [7, 11) is 0. The zero-order valence-corrected chi connectivity index (χ0v) is 23.3. The molecule has 194 valence electrons. The highest BCUT2D eigenvalue weighted by Crippen LogP contribution is 2.51. The number of hydrogen-bond donors (Lipinski definition) is 2. The molecule has 38 heavy (non-hydrogen) atoms. The van der Waals surface area contributed by atoms with Crippen LogP contribution in [0.2, 0.25) is 5.02 Å². The van der Waals surface area contributed by atoms with Crippen molar-refractivity contribution in [2.24, 2.45) is 5.41 Å². The van der Waals surface area contributed by atoms with E-state index >= 15 is 0 Å². The molecule has 4 nitrogen and oxygen atoms in total. The lowest BCUT2D eigenvalue weighted by Gasteiger charge is -2.45. The van der Waals surface area contributed by atoms with Gasteiger partial charge in [-0.3, -0.25) is 15.1 Å². The Morgan fingerprint density at radius 2 is 1.55 bits per heavy atom. The van der Waals surface area contributed by atoms with Gasteiger partial charge in [-0.15, -0.1) is 0 Å². The molecule has 0 fully saturated rings. The molecular weight excluding hydrogens is 492 g/mol. The molecule has 1 atom stereocenters. The third kappa shape index (κ3) is 4.58. The number of ketones is 1. The van der Waals surface area contributed by atoms with Crippen molar-refractivity contribution < 1.29 is 9.90 Å². The smallest absolute Gasteiger partial charge is 0.162 e. The van der Waals surface area contributed by atoms with Gasteiger partial charge in [0.2, 0.25) is 0 Å². The Labute approximate surface area is 229 Å². The maximum Gasteiger partial charge on any atom is 0.162 e. The van der Waals surface area contributed by atoms with E-state index in [0.29, 0.717) is 40.3 Å². The molecule has 1 heterocycles. The number of nitrogens with zero attached hydrogens (tertiary/aromatic N) is 1. The number of benzene rings is 3. The Morgan fingerprint density at radius 1 is 0.947 bits per heavy atom. The van der Waals surface area contributed by atoms with Gasteiger partial charge in [0.05, 0.1) is 0 Å². The molecule has 0 saturated heterocycles. The summed E-state index contributed by atoms with van der Waals surface area (Å²) >= 11 is 6.55. The minimum atomic E-state index is -0.555. The number of amidine groups is 1. The van der Waals surface area contributed by atoms with Gasteiger partial charge in [-0.1, -0.05) is 91.2 Å². The van der Waals surface area contributed by atoms with Gasteiger partial charge in [-0.05, 0) is 55.9 Å². The van der Waals surface area contributed by atoms with Gasteiger partial charge in [0.25, 0.3) is 0 Å². The first-order valence-corrected chi connectivity index (χ1v) is 13.3. The number of aliphatic hydroxyl groups excluding tert-OH is 1. The molecule has 1 aliphatic heterocycles. The molecule has 1 aliphatic carbocycles. The third-order valence-corrected chi connectivity index (χ3v) is 8.03. The van der Waals surface area contributed by atoms with Crippen LogP contribution in [0.1, 0.15) is 60.4 Å². The molecule has 3 aromatic carbocycles. The topological polar surface area (TPSA) is 64.4 Å². The lowest BCUT2D eigenvalue weighted by molar-refractivity contribution is -0.118. The van der Waals surface area contributed by atoms with Crippen molar-refractivity contribution in [3.63, 3.8) is 0 Å². The van der Waals surface area contributed by atoms with Crippen LogP contribution in [0.5, 0.6) is 0 Å². The van der Waals surface area contributed by atoms with Crippen LogP contribution in [0.15, 0.2) is 83.6 Å². The van der Waals surface area contributed by atoms with Crippen molar-refractivity contribution >= 4 is 34.7 Å². The first kappa shape index (κ1) is 26.0. The molecule has 0 saturated carbocycles. The standard InChI is InChI=1S/C33H33ClN2O2/c1-19-6-11-22(12-7-19)28-29-26(17-33(4,5)18-27(29)37)36(24-15-10-21(3)25(34)16-24)32(35)30(28)31(38)23-13-8-20(2)9-14-23/h6-16,28,35,38H,17-18H2,1-5H3/b31-30+,35-32?/t28-/m0/s1. The minimum Gasteiger partial charge on any atom is -0.507 e. The van der Waals surface area contributed by atoms with Gasteiger partial charge < -0.3 is 5.11 Å². The summed E-state index contributed by atoms with van der Waals surface area (Å²) in [6, 6.07) is 21.3. The first-order valence-electron chi connectivity index (χ1n) is 12.9.